The zero-order chi connectivity index (χ0) is 18.1. The van der Waals surface area contributed by atoms with Crippen LogP contribution in [0, 0.1) is 12.7 Å². The molecule has 0 bridgehead atoms. The lowest BCUT2D eigenvalue weighted by Gasteiger charge is -2.15. The molecule has 0 aliphatic carbocycles. The Kier molecular flexibility index (Phi) is 4.40. The van der Waals surface area contributed by atoms with E-state index in [9.17, 15) is 14.3 Å². The molecule has 25 heavy (non-hydrogen) atoms. The second-order valence-electron chi connectivity index (χ2n) is 5.96. The Morgan fingerprint density at radius 1 is 1.12 bits per heavy atom. The van der Waals surface area contributed by atoms with E-state index in [1.54, 1.807) is 25.1 Å². The van der Waals surface area contributed by atoms with Gasteiger partial charge in [-0.15, -0.1) is 0 Å². The Labute approximate surface area is 144 Å². The molecule has 0 amide bonds. The third-order valence-electron chi connectivity index (χ3n) is 4.44. The van der Waals surface area contributed by atoms with Gasteiger partial charge in [0.15, 0.2) is 11.4 Å². The highest BCUT2D eigenvalue weighted by molar-refractivity contribution is 6.00. The number of nitrogens with zero attached hydrogens (tertiary/aromatic N) is 1. The van der Waals surface area contributed by atoms with Gasteiger partial charge in [0, 0.05) is 22.4 Å². The molecule has 1 heterocycles. The SMILES string of the molecule is COC(=O)c1nc(C)c2cc(C(C)c3ccc(F)cc3)ccc2c1O. The van der Waals surface area contributed by atoms with E-state index in [0.29, 0.717) is 11.1 Å². The minimum Gasteiger partial charge on any atom is -0.505 e. The Balaban J connectivity index is 2.10. The van der Waals surface area contributed by atoms with Crippen molar-refractivity contribution in [2.24, 2.45) is 0 Å². The number of hydrogen-bond acceptors (Lipinski definition) is 4. The normalized spacial score (nSPS) is 12.2. The van der Waals surface area contributed by atoms with Crippen LogP contribution in [0.2, 0.25) is 0 Å². The number of fused-ring (bicyclic) bond motifs is 1. The third kappa shape index (κ3) is 3.05. The number of pyridine rings is 1. The highest BCUT2D eigenvalue weighted by Gasteiger charge is 2.19. The van der Waals surface area contributed by atoms with Gasteiger partial charge in [-0.25, -0.2) is 14.2 Å². The molecule has 0 saturated carbocycles. The molecule has 3 rings (SSSR count). The number of benzene rings is 2. The lowest BCUT2D eigenvalue weighted by Crippen LogP contribution is -2.06. The van der Waals surface area contributed by atoms with Crippen molar-refractivity contribution in [3.8, 4) is 5.75 Å². The molecule has 1 atom stereocenters. The summed E-state index contributed by atoms with van der Waals surface area (Å²) in [6, 6.07) is 12.0. The smallest absolute Gasteiger partial charge is 0.360 e. The largest absolute Gasteiger partial charge is 0.505 e. The number of hydrogen-bond donors (Lipinski definition) is 1. The molecule has 1 aromatic heterocycles. The summed E-state index contributed by atoms with van der Waals surface area (Å²) in [6.45, 7) is 3.81. The van der Waals surface area contributed by atoms with Crippen LogP contribution in [0.1, 0.15) is 40.2 Å². The summed E-state index contributed by atoms with van der Waals surface area (Å²) in [5.74, 6) is -1.08. The molecular formula is C20H18FNO3. The van der Waals surface area contributed by atoms with Crippen LogP contribution in [-0.4, -0.2) is 23.2 Å². The van der Waals surface area contributed by atoms with Crippen LogP contribution in [0.4, 0.5) is 4.39 Å². The minimum atomic E-state index is -0.675. The van der Waals surface area contributed by atoms with Crippen molar-refractivity contribution < 1.29 is 19.0 Å². The molecule has 0 radical (unpaired) electrons. The van der Waals surface area contributed by atoms with Crippen LogP contribution < -0.4 is 0 Å². The lowest BCUT2D eigenvalue weighted by atomic mass is 9.91. The number of carbonyl (C=O) groups excluding carboxylic acids is 1. The Bertz CT molecular complexity index is 951. The standard InChI is InChI=1S/C20H18FNO3/c1-11(13-4-7-15(21)8-5-13)14-6-9-16-17(10-14)12(2)22-18(19(16)23)20(24)25-3/h4-11,23H,1-3H3. The number of aromatic nitrogens is 1. The summed E-state index contributed by atoms with van der Waals surface area (Å²) in [6.07, 6.45) is 0. The molecule has 1 N–H and O–H groups in total. The van der Waals surface area contributed by atoms with E-state index in [-0.39, 0.29) is 23.2 Å². The van der Waals surface area contributed by atoms with Crippen LogP contribution >= 0.6 is 0 Å². The number of rotatable bonds is 3. The lowest BCUT2D eigenvalue weighted by molar-refractivity contribution is 0.0590. The molecule has 0 saturated heterocycles. The topological polar surface area (TPSA) is 59.4 Å². The van der Waals surface area contributed by atoms with Gasteiger partial charge in [0.2, 0.25) is 0 Å². The summed E-state index contributed by atoms with van der Waals surface area (Å²) >= 11 is 0. The number of methoxy groups -OCH3 is 1. The molecule has 3 aromatic rings. The number of aryl methyl sites for hydroxylation is 1. The van der Waals surface area contributed by atoms with E-state index in [1.165, 1.54) is 19.2 Å². The second kappa shape index (κ2) is 6.51. The van der Waals surface area contributed by atoms with E-state index in [1.807, 2.05) is 19.1 Å². The van der Waals surface area contributed by atoms with Gasteiger partial charge in [0.1, 0.15) is 5.82 Å². The van der Waals surface area contributed by atoms with Crippen molar-refractivity contribution in [1.82, 2.24) is 4.98 Å². The number of carbonyl (C=O) groups is 1. The van der Waals surface area contributed by atoms with Gasteiger partial charge in [-0.05, 0) is 36.2 Å². The Morgan fingerprint density at radius 2 is 1.76 bits per heavy atom. The van der Waals surface area contributed by atoms with E-state index in [4.69, 9.17) is 0 Å². The molecule has 5 heteroatoms. The van der Waals surface area contributed by atoms with Gasteiger partial charge in [-0.3, -0.25) is 0 Å². The Morgan fingerprint density at radius 3 is 2.40 bits per heavy atom. The van der Waals surface area contributed by atoms with Crippen LogP contribution in [0.25, 0.3) is 10.8 Å². The van der Waals surface area contributed by atoms with Crippen LogP contribution in [-0.2, 0) is 4.74 Å². The molecule has 1 unspecified atom stereocenters. The van der Waals surface area contributed by atoms with Crippen molar-refractivity contribution in [2.75, 3.05) is 7.11 Å². The molecule has 0 fully saturated rings. The van der Waals surface area contributed by atoms with Gasteiger partial charge in [-0.2, -0.15) is 0 Å². The first-order chi connectivity index (χ1) is 11.9. The maximum absolute atomic E-state index is 13.1. The third-order valence-corrected chi connectivity index (χ3v) is 4.44. The molecule has 2 aromatic carbocycles. The van der Waals surface area contributed by atoms with E-state index in [2.05, 4.69) is 9.72 Å². The molecule has 0 aliphatic heterocycles. The highest BCUT2D eigenvalue weighted by Crippen LogP contribution is 2.33. The average Bonchev–Trinajstić information content (AvgIpc) is 2.63. The van der Waals surface area contributed by atoms with Gasteiger partial charge in [0.25, 0.3) is 0 Å². The number of aromatic hydroxyl groups is 1. The summed E-state index contributed by atoms with van der Waals surface area (Å²) < 4.78 is 17.8. The van der Waals surface area contributed by atoms with E-state index >= 15 is 0 Å². The molecule has 0 aliphatic rings. The first-order valence-electron chi connectivity index (χ1n) is 7.89. The fourth-order valence-corrected chi connectivity index (χ4v) is 2.93. The molecular weight excluding hydrogens is 321 g/mol. The van der Waals surface area contributed by atoms with Gasteiger partial charge >= 0.3 is 5.97 Å². The van der Waals surface area contributed by atoms with Crippen molar-refractivity contribution in [3.05, 3.63) is 70.8 Å². The average molecular weight is 339 g/mol. The quantitative estimate of drug-likeness (QED) is 0.722. The van der Waals surface area contributed by atoms with Gasteiger partial charge in [-0.1, -0.05) is 31.2 Å². The zero-order valence-electron chi connectivity index (χ0n) is 14.2. The predicted molar refractivity (Wildman–Crippen MR) is 93.4 cm³/mol. The number of ether oxygens (including phenoxy) is 1. The summed E-state index contributed by atoms with van der Waals surface area (Å²) in [5.41, 5.74) is 2.53. The first kappa shape index (κ1) is 16.9. The summed E-state index contributed by atoms with van der Waals surface area (Å²) in [7, 11) is 1.25. The maximum atomic E-state index is 13.1. The monoisotopic (exact) mass is 339 g/mol. The molecule has 4 nitrogen and oxygen atoms in total. The maximum Gasteiger partial charge on any atom is 0.360 e. The van der Waals surface area contributed by atoms with Crippen molar-refractivity contribution in [3.63, 3.8) is 0 Å². The highest BCUT2D eigenvalue weighted by atomic mass is 19.1. The van der Waals surface area contributed by atoms with Crippen molar-refractivity contribution >= 4 is 16.7 Å². The molecule has 128 valence electrons. The summed E-state index contributed by atoms with van der Waals surface area (Å²) in [5, 5.41) is 11.7. The molecule has 0 spiro atoms. The van der Waals surface area contributed by atoms with E-state index in [0.717, 1.165) is 16.5 Å². The zero-order valence-corrected chi connectivity index (χ0v) is 14.2. The van der Waals surface area contributed by atoms with Crippen molar-refractivity contribution in [1.29, 1.82) is 0 Å². The van der Waals surface area contributed by atoms with Crippen LogP contribution in [0.5, 0.6) is 5.75 Å². The first-order valence-corrected chi connectivity index (χ1v) is 7.89. The second-order valence-corrected chi connectivity index (χ2v) is 5.96. The minimum absolute atomic E-state index is 0.0480. The van der Waals surface area contributed by atoms with Crippen LogP contribution in [0.3, 0.4) is 0 Å². The fourth-order valence-electron chi connectivity index (χ4n) is 2.93. The number of esters is 1. The fraction of sp³-hybridized carbons (Fsp3) is 0.200. The van der Waals surface area contributed by atoms with Crippen LogP contribution in [0.15, 0.2) is 42.5 Å². The Hall–Kier alpha value is -2.95. The van der Waals surface area contributed by atoms with Gasteiger partial charge in [0.05, 0.1) is 7.11 Å². The van der Waals surface area contributed by atoms with Crippen molar-refractivity contribution in [2.45, 2.75) is 19.8 Å². The number of halogens is 1. The van der Waals surface area contributed by atoms with Gasteiger partial charge < -0.3 is 9.84 Å². The van der Waals surface area contributed by atoms with E-state index < -0.39 is 5.97 Å². The summed E-state index contributed by atoms with van der Waals surface area (Å²) in [4.78, 5) is 15.9. The predicted octanol–water partition coefficient (Wildman–Crippen LogP) is 4.33.